The van der Waals surface area contributed by atoms with Gasteiger partial charge in [0.2, 0.25) is 11.8 Å². The molecule has 0 bridgehead atoms. The maximum absolute atomic E-state index is 12.0. The van der Waals surface area contributed by atoms with Crippen LogP contribution in [0.3, 0.4) is 0 Å². The average Bonchev–Trinajstić information content (AvgIpc) is 2.55. The molecule has 0 heterocycles. The average molecular weight is 359 g/mol. The van der Waals surface area contributed by atoms with E-state index in [1.165, 1.54) is 30.8 Å². The fourth-order valence-electron chi connectivity index (χ4n) is 2.05. The van der Waals surface area contributed by atoms with E-state index in [2.05, 4.69) is 10.6 Å². The van der Waals surface area contributed by atoms with Gasteiger partial charge in [-0.3, -0.25) is 19.7 Å². The van der Waals surface area contributed by atoms with E-state index in [0.717, 1.165) is 5.56 Å². The van der Waals surface area contributed by atoms with E-state index in [4.69, 9.17) is 0 Å². The second-order valence-electron chi connectivity index (χ2n) is 5.23. The van der Waals surface area contributed by atoms with Crippen molar-refractivity contribution >= 4 is 40.6 Å². The number of nitro benzene ring substituents is 1. The van der Waals surface area contributed by atoms with E-state index in [1.807, 2.05) is 0 Å². The Kier molecular flexibility index (Phi) is 6.53. The standard InChI is InChI=1S/C17H17N3O4S/c1-12(21)18-14-3-2-4-15(9-14)19-17(22)11-25-10-13-5-7-16(8-6-13)20(23)24/h2-9H,10-11H2,1H3,(H,18,21)(H,19,22). The van der Waals surface area contributed by atoms with Gasteiger partial charge in [0.15, 0.2) is 0 Å². The molecule has 0 aliphatic rings. The zero-order valence-electron chi connectivity index (χ0n) is 13.5. The van der Waals surface area contributed by atoms with Crippen LogP contribution in [0.1, 0.15) is 12.5 Å². The minimum atomic E-state index is -0.445. The number of non-ortho nitro benzene ring substituents is 1. The number of rotatable bonds is 7. The van der Waals surface area contributed by atoms with E-state index in [9.17, 15) is 19.7 Å². The van der Waals surface area contributed by atoms with Gasteiger partial charge < -0.3 is 10.6 Å². The molecule has 25 heavy (non-hydrogen) atoms. The molecule has 130 valence electrons. The quantitative estimate of drug-likeness (QED) is 0.582. The Balaban J connectivity index is 1.80. The van der Waals surface area contributed by atoms with E-state index < -0.39 is 4.92 Å². The first-order valence-corrected chi connectivity index (χ1v) is 8.58. The van der Waals surface area contributed by atoms with Crippen LogP contribution in [-0.2, 0) is 15.3 Å². The molecule has 2 N–H and O–H groups in total. The van der Waals surface area contributed by atoms with Crippen molar-refractivity contribution in [2.45, 2.75) is 12.7 Å². The van der Waals surface area contributed by atoms with Crippen LogP contribution in [0, 0.1) is 10.1 Å². The number of benzene rings is 2. The Morgan fingerprint density at radius 1 is 1.08 bits per heavy atom. The molecule has 0 spiro atoms. The van der Waals surface area contributed by atoms with Crippen LogP contribution < -0.4 is 10.6 Å². The molecule has 0 saturated carbocycles. The largest absolute Gasteiger partial charge is 0.326 e. The highest BCUT2D eigenvalue weighted by molar-refractivity contribution is 7.99. The Morgan fingerprint density at radius 2 is 1.72 bits per heavy atom. The van der Waals surface area contributed by atoms with Crippen LogP contribution in [-0.4, -0.2) is 22.5 Å². The third kappa shape index (κ3) is 6.27. The molecular formula is C17H17N3O4S. The number of anilines is 2. The first kappa shape index (κ1) is 18.5. The molecule has 2 rings (SSSR count). The van der Waals surface area contributed by atoms with Crippen molar-refractivity contribution in [3.8, 4) is 0 Å². The van der Waals surface area contributed by atoms with Crippen molar-refractivity contribution in [1.82, 2.24) is 0 Å². The number of carbonyl (C=O) groups excluding carboxylic acids is 2. The smallest absolute Gasteiger partial charge is 0.269 e. The maximum Gasteiger partial charge on any atom is 0.269 e. The Hall–Kier alpha value is -2.87. The highest BCUT2D eigenvalue weighted by atomic mass is 32.2. The normalized spacial score (nSPS) is 10.1. The minimum absolute atomic E-state index is 0.0468. The summed E-state index contributed by atoms with van der Waals surface area (Å²) in [5.41, 5.74) is 2.18. The van der Waals surface area contributed by atoms with Crippen LogP contribution in [0.5, 0.6) is 0 Å². The van der Waals surface area contributed by atoms with Gasteiger partial charge in [-0.2, -0.15) is 0 Å². The highest BCUT2D eigenvalue weighted by Gasteiger charge is 2.06. The molecular weight excluding hydrogens is 342 g/mol. The predicted molar refractivity (Wildman–Crippen MR) is 98.6 cm³/mol. The van der Waals surface area contributed by atoms with Gasteiger partial charge in [-0.15, -0.1) is 11.8 Å². The lowest BCUT2D eigenvalue weighted by molar-refractivity contribution is -0.384. The number of hydrogen-bond donors (Lipinski definition) is 2. The lowest BCUT2D eigenvalue weighted by Gasteiger charge is -2.08. The fourth-order valence-corrected chi connectivity index (χ4v) is 2.84. The van der Waals surface area contributed by atoms with E-state index >= 15 is 0 Å². The van der Waals surface area contributed by atoms with Gasteiger partial charge in [0, 0.05) is 36.2 Å². The summed E-state index contributed by atoms with van der Waals surface area (Å²) in [7, 11) is 0. The highest BCUT2D eigenvalue weighted by Crippen LogP contribution is 2.18. The molecule has 7 nitrogen and oxygen atoms in total. The zero-order valence-corrected chi connectivity index (χ0v) is 14.3. The van der Waals surface area contributed by atoms with Crippen molar-refractivity contribution in [2.75, 3.05) is 16.4 Å². The summed E-state index contributed by atoms with van der Waals surface area (Å²) in [5, 5.41) is 16.0. The van der Waals surface area contributed by atoms with Crippen molar-refractivity contribution in [3.63, 3.8) is 0 Å². The topological polar surface area (TPSA) is 101 Å². The molecule has 2 aromatic carbocycles. The first-order chi connectivity index (χ1) is 11.9. The number of nitrogens with one attached hydrogen (secondary N) is 2. The van der Waals surface area contributed by atoms with E-state index in [-0.39, 0.29) is 23.3 Å². The second kappa shape index (κ2) is 8.84. The Labute approximate surface area is 149 Å². The lowest BCUT2D eigenvalue weighted by atomic mass is 10.2. The summed E-state index contributed by atoms with van der Waals surface area (Å²) in [4.78, 5) is 33.2. The van der Waals surface area contributed by atoms with Gasteiger partial charge in [0.1, 0.15) is 0 Å². The Bertz CT molecular complexity index is 778. The van der Waals surface area contributed by atoms with Crippen molar-refractivity contribution in [2.24, 2.45) is 0 Å². The number of thioether (sulfide) groups is 1. The number of amides is 2. The van der Waals surface area contributed by atoms with Gasteiger partial charge in [-0.1, -0.05) is 18.2 Å². The summed E-state index contributed by atoms with van der Waals surface area (Å²) in [6.45, 7) is 1.42. The molecule has 0 aliphatic carbocycles. The van der Waals surface area contributed by atoms with Gasteiger partial charge in [0.05, 0.1) is 10.7 Å². The number of hydrogen-bond acceptors (Lipinski definition) is 5. The summed E-state index contributed by atoms with van der Waals surface area (Å²) in [5.74, 6) is 0.493. The SMILES string of the molecule is CC(=O)Nc1cccc(NC(=O)CSCc2ccc([N+](=O)[O-])cc2)c1. The van der Waals surface area contributed by atoms with Crippen LogP contribution in [0.25, 0.3) is 0 Å². The number of carbonyl (C=O) groups is 2. The van der Waals surface area contributed by atoms with Crippen LogP contribution >= 0.6 is 11.8 Å². The molecule has 0 saturated heterocycles. The van der Waals surface area contributed by atoms with Crippen LogP contribution in [0.15, 0.2) is 48.5 Å². The molecule has 0 radical (unpaired) electrons. The van der Waals surface area contributed by atoms with Crippen molar-refractivity contribution in [1.29, 1.82) is 0 Å². The van der Waals surface area contributed by atoms with Gasteiger partial charge in [-0.05, 0) is 23.8 Å². The summed E-state index contributed by atoms with van der Waals surface area (Å²) >= 11 is 1.41. The summed E-state index contributed by atoms with van der Waals surface area (Å²) in [6.07, 6.45) is 0. The maximum atomic E-state index is 12.0. The van der Waals surface area contributed by atoms with E-state index in [1.54, 1.807) is 36.4 Å². The number of nitrogens with zero attached hydrogens (tertiary/aromatic N) is 1. The molecule has 0 aliphatic heterocycles. The van der Waals surface area contributed by atoms with Crippen molar-refractivity contribution < 1.29 is 14.5 Å². The first-order valence-electron chi connectivity index (χ1n) is 7.42. The van der Waals surface area contributed by atoms with Gasteiger partial charge >= 0.3 is 0 Å². The second-order valence-corrected chi connectivity index (χ2v) is 6.21. The Morgan fingerprint density at radius 3 is 2.32 bits per heavy atom. The molecule has 0 aromatic heterocycles. The number of nitro groups is 1. The van der Waals surface area contributed by atoms with E-state index in [0.29, 0.717) is 17.1 Å². The minimum Gasteiger partial charge on any atom is -0.326 e. The monoisotopic (exact) mass is 359 g/mol. The van der Waals surface area contributed by atoms with Gasteiger partial charge in [0.25, 0.3) is 5.69 Å². The van der Waals surface area contributed by atoms with Crippen LogP contribution in [0.2, 0.25) is 0 Å². The fraction of sp³-hybridized carbons (Fsp3) is 0.176. The molecule has 0 fully saturated rings. The molecule has 2 amide bonds. The summed E-state index contributed by atoms with van der Waals surface area (Å²) in [6, 6.07) is 13.2. The predicted octanol–water partition coefficient (Wildman–Crippen LogP) is 3.43. The molecule has 2 aromatic rings. The third-order valence-electron chi connectivity index (χ3n) is 3.12. The molecule has 0 atom stereocenters. The zero-order chi connectivity index (χ0) is 18.2. The molecule has 8 heteroatoms. The van der Waals surface area contributed by atoms with Crippen molar-refractivity contribution in [3.05, 3.63) is 64.2 Å². The van der Waals surface area contributed by atoms with Crippen LogP contribution in [0.4, 0.5) is 17.1 Å². The molecule has 0 unspecified atom stereocenters. The lowest BCUT2D eigenvalue weighted by Crippen LogP contribution is -2.14. The third-order valence-corrected chi connectivity index (χ3v) is 4.12. The summed E-state index contributed by atoms with van der Waals surface area (Å²) < 4.78 is 0. The van der Waals surface area contributed by atoms with Gasteiger partial charge in [-0.25, -0.2) is 0 Å².